The zero-order valence-electron chi connectivity index (χ0n) is 9.99. The molecule has 0 aromatic heterocycles. The normalized spacial score (nSPS) is 12.6. The van der Waals surface area contributed by atoms with Gasteiger partial charge >= 0.3 is 6.16 Å². The van der Waals surface area contributed by atoms with Gasteiger partial charge in [-0.05, 0) is 20.3 Å². The van der Waals surface area contributed by atoms with Gasteiger partial charge < -0.3 is 9.84 Å². The first-order valence-electron chi connectivity index (χ1n) is 4.97. The number of rotatable bonds is 6. The van der Waals surface area contributed by atoms with E-state index in [2.05, 4.69) is 4.74 Å². The molecule has 0 unspecified atom stereocenters. The highest BCUT2D eigenvalue weighted by Gasteiger charge is 2.29. The van der Waals surface area contributed by atoms with Crippen molar-refractivity contribution in [2.45, 2.75) is 58.8 Å². The van der Waals surface area contributed by atoms with Crippen LogP contribution in [0.2, 0.25) is 0 Å². The summed E-state index contributed by atoms with van der Waals surface area (Å²) in [7, 11) is 0. The summed E-state index contributed by atoms with van der Waals surface area (Å²) in [5.41, 5.74) is -0.451. The fraction of sp³-hybridized carbons (Fsp3) is 0.900. The second-order valence-corrected chi connectivity index (χ2v) is 4.44. The van der Waals surface area contributed by atoms with E-state index < -0.39 is 17.5 Å². The molecule has 0 saturated carbocycles. The Kier molecular flexibility index (Phi) is 5.03. The topological polar surface area (TPSA) is 65.0 Å². The van der Waals surface area contributed by atoms with Gasteiger partial charge in [0.1, 0.15) is 0 Å². The van der Waals surface area contributed by atoms with Crippen LogP contribution in [0, 0.1) is 0 Å². The van der Waals surface area contributed by atoms with Crippen molar-refractivity contribution < 1.29 is 24.4 Å². The van der Waals surface area contributed by atoms with Crippen LogP contribution in [-0.2, 0) is 14.5 Å². The number of hydrogen-bond acceptors (Lipinski definition) is 4. The lowest BCUT2D eigenvalue weighted by molar-refractivity contribution is -0.444. The molecule has 0 fully saturated rings. The maximum absolute atomic E-state index is 10.3. The van der Waals surface area contributed by atoms with Crippen LogP contribution in [0.25, 0.3) is 0 Å². The van der Waals surface area contributed by atoms with Crippen molar-refractivity contribution in [1.29, 1.82) is 0 Å². The quantitative estimate of drug-likeness (QED) is 0.322. The third-order valence-electron chi connectivity index (χ3n) is 1.65. The smallest absolute Gasteiger partial charge is 0.450 e. The van der Waals surface area contributed by atoms with Crippen LogP contribution in [-0.4, -0.2) is 22.7 Å². The van der Waals surface area contributed by atoms with Crippen molar-refractivity contribution in [3.8, 4) is 0 Å². The number of hydrogen-bond donors (Lipinski definition) is 1. The molecule has 0 atom stereocenters. The highest BCUT2D eigenvalue weighted by molar-refractivity contribution is 5.57. The molecule has 0 aliphatic carbocycles. The van der Waals surface area contributed by atoms with Gasteiger partial charge in [-0.2, -0.15) is 4.89 Å². The van der Waals surface area contributed by atoms with Crippen LogP contribution in [0.3, 0.4) is 0 Å². The SMILES string of the molecule is CCCC(C)(C)OOC(C)(C)OC(=O)O. The molecule has 0 aromatic carbocycles. The van der Waals surface area contributed by atoms with Crippen LogP contribution >= 0.6 is 0 Å². The lowest BCUT2D eigenvalue weighted by Crippen LogP contribution is -2.35. The first-order chi connectivity index (χ1) is 6.68. The summed E-state index contributed by atoms with van der Waals surface area (Å²) in [5, 5.41) is 8.42. The van der Waals surface area contributed by atoms with Crippen molar-refractivity contribution in [3.63, 3.8) is 0 Å². The molecule has 0 amide bonds. The minimum Gasteiger partial charge on any atom is -0.450 e. The summed E-state index contributed by atoms with van der Waals surface area (Å²) in [6, 6.07) is 0. The molecule has 0 bridgehead atoms. The molecule has 0 heterocycles. The van der Waals surface area contributed by atoms with E-state index in [9.17, 15) is 4.79 Å². The van der Waals surface area contributed by atoms with Gasteiger partial charge in [-0.1, -0.05) is 13.3 Å². The van der Waals surface area contributed by atoms with Crippen LogP contribution in [0.5, 0.6) is 0 Å². The van der Waals surface area contributed by atoms with Crippen LogP contribution < -0.4 is 0 Å². The minimum absolute atomic E-state index is 0.451. The Morgan fingerprint density at radius 2 is 1.73 bits per heavy atom. The molecule has 0 aromatic rings. The Labute approximate surface area is 90.2 Å². The van der Waals surface area contributed by atoms with Gasteiger partial charge in [0.25, 0.3) is 0 Å². The van der Waals surface area contributed by atoms with Crippen molar-refractivity contribution in [2.24, 2.45) is 0 Å². The van der Waals surface area contributed by atoms with E-state index in [1.165, 1.54) is 13.8 Å². The van der Waals surface area contributed by atoms with E-state index in [-0.39, 0.29) is 0 Å². The first kappa shape index (κ1) is 14.2. The molecular weight excluding hydrogens is 200 g/mol. The molecular formula is C10H20O5. The average molecular weight is 220 g/mol. The summed E-state index contributed by atoms with van der Waals surface area (Å²) in [4.78, 5) is 20.4. The molecule has 0 radical (unpaired) electrons. The van der Waals surface area contributed by atoms with Gasteiger partial charge in [0.05, 0.1) is 5.60 Å². The van der Waals surface area contributed by atoms with E-state index in [4.69, 9.17) is 14.9 Å². The summed E-state index contributed by atoms with van der Waals surface area (Å²) >= 11 is 0. The van der Waals surface area contributed by atoms with Gasteiger partial charge in [0.15, 0.2) is 0 Å². The van der Waals surface area contributed by atoms with Crippen molar-refractivity contribution in [2.75, 3.05) is 0 Å². The summed E-state index contributed by atoms with van der Waals surface area (Å²) < 4.78 is 4.48. The standard InChI is InChI=1S/C10H20O5/c1-6-7-9(2,3)14-15-10(4,5)13-8(11)12/h6-7H2,1-5H3,(H,11,12). The highest BCUT2D eigenvalue weighted by atomic mass is 17.2. The zero-order chi connectivity index (χ0) is 12.1. The molecule has 1 N–H and O–H groups in total. The molecule has 0 rings (SSSR count). The third-order valence-corrected chi connectivity index (χ3v) is 1.65. The molecule has 0 aliphatic rings. The molecule has 0 spiro atoms. The van der Waals surface area contributed by atoms with Gasteiger partial charge in [-0.3, -0.25) is 0 Å². The predicted octanol–water partition coefficient (Wildman–Crippen LogP) is 2.94. The molecule has 90 valence electrons. The van der Waals surface area contributed by atoms with Gasteiger partial charge in [-0.15, -0.1) is 0 Å². The van der Waals surface area contributed by atoms with Crippen molar-refractivity contribution in [1.82, 2.24) is 0 Å². The van der Waals surface area contributed by atoms with E-state index in [0.29, 0.717) is 0 Å². The maximum Gasteiger partial charge on any atom is 0.508 e. The lowest BCUT2D eigenvalue weighted by Gasteiger charge is -2.29. The Bertz CT molecular complexity index is 210. The average Bonchev–Trinajstić information content (AvgIpc) is 1.99. The van der Waals surface area contributed by atoms with Crippen molar-refractivity contribution in [3.05, 3.63) is 0 Å². The second-order valence-electron chi connectivity index (χ2n) is 4.44. The largest absolute Gasteiger partial charge is 0.508 e. The summed E-state index contributed by atoms with van der Waals surface area (Å²) in [5.74, 6) is -1.29. The zero-order valence-corrected chi connectivity index (χ0v) is 9.99. The highest BCUT2D eigenvalue weighted by Crippen LogP contribution is 2.21. The van der Waals surface area contributed by atoms with Crippen LogP contribution in [0.15, 0.2) is 0 Å². The molecule has 5 heteroatoms. The Morgan fingerprint density at radius 1 is 1.20 bits per heavy atom. The molecule has 0 aliphatic heterocycles. The Hall–Kier alpha value is -0.810. The van der Waals surface area contributed by atoms with Gasteiger partial charge in [0.2, 0.25) is 5.79 Å². The van der Waals surface area contributed by atoms with Crippen LogP contribution in [0.1, 0.15) is 47.5 Å². The maximum atomic E-state index is 10.3. The Morgan fingerprint density at radius 3 is 2.13 bits per heavy atom. The van der Waals surface area contributed by atoms with Crippen molar-refractivity contribution >= 4 is 6.16 Å². The first-order valence-corrected chi connectivity index (χ1v) is 4.97. The third kappa shape index (κ3) is 7.16. The van der Waals surface area contributed by atoms with E-state index in [1.54, 1.807) is 0 Å². The predicted molar refractivity (Wildman–Crippen MR) is 54.3 cm³/mol. The lowest BCUT2D eigenvalue weighted by atomic mass is 10.0. The molecule has 5 nitrogen and oxygen atoms in total. The van der Waals surface area contributed by atoms with Crippen LogP contribution in [0.4, 0.5) is 4.79 Å². The number of carbonyl (C=O) groups is 1. The van der Waals surface area contributed by atoms with E-state index in [0.717, 1.165) is 12.8 Å². The molecule has 0 saturated heterocycles. The Balaban J connectivity index is 4.07. The second kappa shape index (κ2) is 5.32. The summed E-state index contributed by atoms with van der Waals surface area (Å²) in [6.07, 6.45) is 0.379. The van der Waals surface area contributed by atoms with Gasteiger partial charge in [0, 0.05) is 13.8 Å². The monoisotopic (exact) mass is 220 g/mol. The summed E-state index contributed by atoms with van der Waals surface area (Å²) in [6.45, 7) is 8.72. The fourth-order valence-electron chi connectivity index (χ4n) is 1.08. The number of ether oxygens (including phenoxy) is 1. The van der Waals surface area contributed by atoms with E-state index in [1.807, 2.05) is 20.8 Å². The molecule has 15 heavy (non-hydrogen) atoms. The van der Waals surface area contributed by atoms with E-state index >= 15 is 0 Å². The fourth-order valence-corrected chi connectivity index (χ4v) is 1.08. The number of carboxylic acid groups (broad SMARTS) is 1. The minimum atomic E-state index is -1.39. The van der Waals surface area contributed by atoms with Gasteiger partial charge in [-0.25, -0.2) is 9.68 Å².